The molecule has 1 aromatic heterocycles. The van der Waals surface area contributed by atoms with Gasteiger partial charge in [-0.3, -0.25) is 0 Å². The number of nitrogens with one attached hydrogen (secondary N) is 1. The summed E-state index contributed by atoms with van der Waals surface area (Å²) in [6.07, 6.45) is 4.57. The van der Waals surface area contributed by atoms with Gasteiger partial charge >= 0.3 is 0 Å². The summed E-state index contributed by atoms with van der Waals surface area (Å²) in [7, 11) is 1.43. The van der Waals surface area contributed by atoms with Crippen LogP contribution in [0.25, 0.3) is 11.5 Å². The maximum Gasteiger partial charge on any atom is 0.258 e. The van der Waals surface area contributed by atoms with E-state index in [1.54, 1.807) is 12.1 Å². The van der Waals surface area contributed by atoms with Gasteiger partial charge in [-0.05, 0) is 37.6 Å². The van der Waals surface area contributed by atoms with Gasteiger partial charge in [0.2, 0.25) is 0 Å². The molecule has 0 aliphatic carbocycles. The molecule has 3 rings (SSSR count). The van der Waals surface area contributed by atoms with Gasteiger partial charge in [0, 0.05) is 5.56 Å². The highest BCUT2D eigenvalue weighted by atomic mass is 19.1. The van der Waals surface area contributed by atoms with Crippen LogP contribution in [0.2, 0.25) is 0 Å². The van der Waals surface area contributed by atoms with Crippen LogP contribution in [0.3, 0.4) is 0 Å². The van der Waals surface area contributed by atoms with Crippen molar-refractivity contribution in [3.63, 3.8) is 0 Å². The highest BCUT2D eigenvalue weighted by Crippen LogP contribution is 2.27. The molecule has 0 bridgehead atoms. The second kappa shape index (κ2) is 6.22. The van der Waals surface area contributed by atoms with Crippen molar-refractivity contribution < 1.29 is 13.7 Å². The van der Waals surface area contributed by atoms with Crippen molar-refractivity contribution in [2.75, 3.05) is 13.7 Å². The lowest BCUT2D eigenvalue weighted by Crippen LogP contribution is -2.21. The molecule has 1 atom stereocenters. The summed E-state index contributed by atoms with van der Waals surface area (Å²) in [4.78, 5) is 4.43. The SMILES string of the molecule is COc1cc(-c2nc(C3CCCCCN3)no2)ccc1F. The largest absolute Gasteiger partial charge is 0.494 e. The number of rotatable bonds is 3. The molecular weight excluding hydrogens is 273 g/mol. The lowest BCUT2D eigenvalue weighted by Gasteiger charge is -2.09. The van der Waals surface area contributed by atoms with Crippen molar-refractivity contribution in [2.24, 2.45) is 0 Å². The maximum atomic E-state index is 13.4. The normalized spacial score (nSPS) is 19.2. The number of hydrogen-bond acceptors (Lipinski definition) is 5. The first-order valence-electron chi connectivity index (χ1n) is 7.19. The molecule has 112 valence electrons. The van der Waals surface area contributed by atoms with Crippen molar-refractivity contribution in [3.05, 3.63) is 29.8 Å². The molecule has 2 heterocycles. The quantitative estimate of drug-likeness (QED) is 0.941. The summed E-state index contributed by atoms with van der Waals surface area (Å²) in [6, 6.07) is 4.64. The molecule has 2 aromatic rings. The molecule has 1 N–H and O–H groups in total. The third-order valence-electron chi connectivity index (χ3n) is 3.71. The number of benzene rings is 1. The van der Waals surface area contributed by atoms with E-state index in [2.05, 4.69) is 15.5 Å². The minimum Gasteiger partial charge on any atom is -0.494 e. The van der Waals surface area contributed by atoms with Gasteiger partial charge in [-0.1, -0.05) is 18.0 Å². The zero-order valence-electron chi connectivity index (χ0n) is 11.9. The van der Waals surface area contributed by atoms with Gasteiger partial charge < -0.3 is 14.6 Å². The van der Waals surface area contributed by atoms with E-state index in [1.165, 1.54) is 26.0 Å². The zero-order chi connectivity index (χ0) is 14.7. The first-order valence-corrected chi connectivity index (χ1v) is 7.19. The van der Waals surface area contributed by atoms with Crippen molar-refractivity contribution in [1.29, 1.82) is 0 Å². The molecule has 6 heteroatoms. The molecule has 1 unspecified atom stereocenters. The third kappa shape index (κ3) is 3.05. The topological polar surface area (TPSA) is 60.2 Å². The number of aromatic nitrogens is 2. The Hall–Kier alpha value is -1.95. The van der Waals surface area contributed by atoms with Crippen LogP contribution in [0.4, 0.5) is 4.39 Å². The summed E-state index contributed by atoms with van der Waals surface area (Å²) in [5, 5.41) is 7.48. The van der Waals surface area contributed by atoms with Crippen molar-refractivity contribution in [1.82, 2.24) is 15.5 Å². The first kappa shape index (κ1) is 14.0. The van der Waals surface area contributed by atoms with E-state index in [1.807, 2.05) is 0 Å². The number of ether oxygens (including phenoxy) is 1. The third-order valence-corrected chi connectivity index (χ3v) is 3.71. The predicted molar refractivity (Wildman–Crippen MR) is 75.5 cm³/mol. The standard InChI is InChI=1S/C15H18FN3O2/c1-20-13-9-10(6-7-11(13)16)15-18-14(19-21-15)12-5-3-2-4-8-17-12/h6-7,9,12,17H,2-5,8H2,1H3. The summed E-state index contributed by atoms with van der Waals surface area (Å²) < 4.78 is 23.7. The van der Waals surface area contributed by atoms with E-state index in [9.17, 15) is 4.39 Å². The van der Waals surface area contributed by atoms with E-state index >= 15 is 0 Å². The van der Waals surface area contributed by atoms with E-state index in [4.69, 9.17) is 9.26 Å². The number of halogens is 1. The zero-order valence-corrected chi connectivity index (χ0v) is 11.9. The second-order valence-electron chi connectivity index (χ2n) is 5.16. The predicted octanol–water partition coefficient (Wildman–Crippen LogP) is 3.09. The van der Waals surface area contributed by atoms with E-state index < -0.39 is 5.82 Å². The van der Waals surface area contributed by atoms with Crippen LogP contribution in [0.15, 0.2) is 22.7 Å². The number of methoxy groups -OCH3 is 1. The summed E-state index contributed by atoms with van der Waals surface area (Å²) in [5.41, 5.74) is 0.653. The molecule has 5 nitrogen and oxygen atoms in total. The summed E-state index contributed by atoms with van der Waals surface area (Å²) in [5.74, 6) is 0.802. The Bertz CT molecular complexity index is 607. The molecule has 0 amide bonds. The molecule has 0 saturated carbocycles. The van der Waals surface area contributed by atoms with Crippen molar-refractivity contribution >= 4 is 0 Å². The molecule has 21 heavy (non-hydrogen) atoms. The van der Waals surface area contributed by atoms with Gasteiger partial charge in [-0.2, -0.15) is 4.98 Å². The van der Waals surface area contributed by atoms with Crippen molar-refractivity contribution in [2.45, 2.75) is 31.7 Å². The fourth-order valence-electron chi connectivity index (χ4n) is 2.54. The van der Waals surface area contributed by atoms with Crippen molar-refractivity contribution in [3.8, 4) is 17.2 Å². The smallest absolute Gasteiger partial charge is 0.258 e. The molecule has 1 aromatic carbocycles. The Balaban J connectivity index is 1.84. The Morgan fingerprint density at radius 3 is 3.10 bits per heavy atom. The van der Waals surface area contributed by atoms with Crippen LogP contribution < -0.4 is 10.1 Å². The average molecular weight is 291 g/mol. The molecule has 1 fully saturated rings. The van der Waals surface area contributed by atoms with Gasteiger partial charge in [0.05, 0.1) is 13.2 Å². The van der Waals surface area contributed by atoms with Crippen LogP contribution in [0.5, 0.6) is 5.75 Å². The number of nitrogens with zero attached hydrogens (tertiary/aromatic N) is 2. The Morgan fingerprint density at radius 2 is 2.24 bits per heavy atom. The Kier molecular flexibility index (Phi) is 4.15. The van der Waals surface area contributed by atoms with E-state index in [0.29, 0.717) is 17.3 Å². The minimum absolute atomic E-state index is 0.132. The number of hydrogen-bond donors (Lipinski definition) is 1. The van der Waals surface area contributed by atoms with E-state index in [-0.39, 0.29) is 11.8 Å². The van der Waals surface area contributed by atoms with Gasteiger partial charge in [0.25, 0.3) is 5.89 Å². The van der Waals surface area contributed by atoms with Crippen LogP contribution in [0.1, 0.15) is 37.5 Å². The second-order valence-corrected chi connectivity index (χ2v) is 5.16. The molecule has 1 saturated heterocycles. The van der Waals surface area contributed by atoms with Crippen LogP contribution >= 0.6 is 0 Å². The van der Waals surface area contributed by atoms with Crippen LogP contribution in [-0.2, 0) is 0 Å². The van der Waals surface area contributed by atoms with Gasteiger partial charge in [0.1, 0.15) is 0 Å². The van der Waals surface area contributed by atoms with Gasteiger partial charge in [0.15, 0.2) is 17.4 Å². The average Bonchev–Trinajstić information content (AvgIpc) is 2.83. The lowest BCUT2D eigenvalue weighted by atomic mass is 10.1. The van der Waals surface area contributed by atoms with Gasteiger partial charge in [-0.25, -0.2) is 4.39 Å². The Labute approximate surface area is 122 Å². The Morgan fingerprint density at radius 1 is 1.33 bits per heavy atom. The molecule has 1 aliphatic heterocycles. The molecule has 0 radical (unpaired) electrons. The highest BCUT2D eigenvalue weighted by molar-refractivity contribution is 5.56. The fourth-order valence-corrected chi connectivity index (χ4v) is 2.54. The fraction of sp³-hybridized carbons (Fsp3) is 0.467. The summed E-state index contributed by atoms with van der Waals surface area (Å²) in [6.45, 7) is 0.971. The minimum atomic E-state index is -0.411. The molecule has 0 spiro atoms. The molecular formula is C15H18FN3O2. The van der Waals surface area contributed by atoms with Gasteiger partial charge in [-0.15, -0.1) is 0 Å². The lowest BCUT2D eigenvalue weighted by molar-refractivity contribution is 0.385. The van der Waals surface area contributed by atoms with Crippen LogP contribution in [-0.4, -0.2) is 23.8 Å². The monoisotopic (exact) mass is 291 g/mol. The first-order chi connectivity index (χ1) is 10.3. The highest BCUT2D eigenvalue weighted by Gasteiger charge is 2.20. The summed E-state index contributed by atoms with van der Waals surface area (Å²) >= 11 is 0. The van der Waals surface area contributed by atoms with E-state index in [0.717, 1.165) is 19.4 Å². The molecule has 1 aliphatic rings. The maximum absolute atomic E-state index is 13.4. The van der Waals surface area contributed by atoms with Crippen LogP contribution in [0, 0.1) is 5.82 Å².